The van der Waals surface area contributed by atoms with Crippen LogP contribution in [0.15, 0.2) is 48.7 Å². The maximum Gasteiger partial charge on any atom is 0.249 e. The summed E-state index contributed by atoms with van der Waals surface area (Å²) in [5, 5.41) is 13.5. The Kier molecular flexibility index (Phi) is 4.46. The van der Waals surface area contributed by atoms with Gasteiger partial charge in [0.2, 0.25) is 5.95 Å². The van der Waals surface area contributed by atoms with Crippen molar-refractivity contribution in [1.82, 2.24) is 15.2 Å². The number of ether oxygens (including phenoxy) is 1. The molecule has 0 aliphatic rings. The minimum Gasteiger partial charge on any atom is -0.495 e. The number of benzene rings is 2. The van der Waals surface area contributed by atoms with E-state index in [4.69, 9.17) is 4.74 Å². The van der Waals surface area contributed by atoms with E-state index in [1.165, 1.54) is 12.3 Å². The van der Waals surface area contributed by atoms with E-state index in [1.807, 2.05) is 18.2 Å². The van der Waals surface area contributed by atoms with E-state index in [0.717, 1.165) is 12.1 Å². The number of nitrogens with zero attached hydrogens (tertiary/aromatic N) is 3. The van der Waals surface area contributed by atoms with E-state index in [2.05, 4.69) is 25.8 Å². The molecule has 0 spiro atoms. The number of methoxy groups -OCH3 is 1. The van der Waals surface area contributed by atoms with Crippen LogP contribution in [0, 0.1) is 11.6 Å². The third-order valence-electron chi connectivity index (χ3n) is 3.10. The Morgan fingerprint density at radius 2 is 1.83 bits per heavy atom. The fourth-order valence-electron chi connectivity index (χ4n) is 2.01. The Balaban J connectivity index is 1.80. The van der Waals surface area contributed by atoms with Crippen molar-refractivity contribution in [1.29, 1.82) is 0 Å². The number of aromatic nitrogens is 3. The lowest BCUT2D eigenvalue weighted by molar-refractivity contribution is 0.417. The lowest BCUT2D eigenvalue weighted by Gasteiger charge is -2.10. The zero-order chi connectivity index (χ0) is 16.9. The van der Waals surface area contributed by atoms with Gasteiger partial charge in [-0.05, 0) is 24.3 Å². The van der Waals surface area contributed by atoms with Crippen LogP contribution in [0.4, 0.5) is 31.9 Å². The molecule has 1 heterocycles. The van der Waals surface area contributed by atoms with Gasteiger partial charge in [-0.15, -0.1) is 5.10 Å². The van der Waals surface area contributed by atoms with Crippen LogP contribution in [-0.4, -0.2) is 22.3 Å². The zero-order valence-electron chi connectivity index (χ0n) is 12.6. The van der Waals surface area contributed by atoms with Crippen LogP contribution >= 0.6 is 0 Å². The molecule has 3 rings (SSSR count). The molecule has 0 aliphatic carbocycles. The molecule has 8 heteroatoms. The van der Waals surface area contributed by atoms with E-state index < -0.39 is 11.6 Å². The molecule has 0 bridgehead atoms. The average molecular weight is 329 g/mol. The Morgan fingerprint density at radius 1 is 1.00 bits per heavy atom. The van der Waals surface area contributed by atoms with Crippen molar-refractivity contribution in [3.8, 4) is 5.75 Å². The average Bonchev–Trinajstić information content (AvgIpc) is 2.59. The maximum absolute atomic E-state index is 13.2. The van der Waals surface area contributed by atoms with Gasteiger partial charge in [0.1, 0.15) is 5.75 Å². The van der Waals surface area contributed by atoms with Crippen LogP contribution in [0.2, 0.25) is 0 Å². The van der Waals surface area contributed by atoms with Crippen LogP contribution < -0.4 is 15.4 Å². The topological polar surface area (TPSA) is 72.0 Å². The second kappa shape index (κ2) is 6.86. The first kappa shape index (κ1) is 15.6. The van der Waals surface area contributed by atoms with E-state index >= 15 is 0 Å². The highest BCUT2D eigenvalue weighted by Gasteiger charge is 2.07. The predicted molar refractivity (Wildman–Crippen MR) is 85.7 cm³/mol. The first-order valence-electron chi connectivity index (χ1n) is 6.97. The van der Waals surface area contributed by atoms with E-state index in [1.54, 1.807) is 13.2 Å². The summed E-state index contributed by atoms with van der Waals surface area (Å²) in [5.41, 5.74) is 1.02. The summed E-state index contributed by atoms with van der Waals surface area (Å²) in [4.78, 5) is 4.22. The molecule has 0 atom stereocenters. The largest absolute Gasteiger partial charge is 0.495 e. The molecule has 3 aromatic rings. The molecular weight excluding hydrogens is 316 g/mol. The summed E-state index contributed by atoms with van der Waals surface area (Å²) in [5.74, 6) is -0.686. The fourth-order valence-corrected chi connectivity index (χ4v) is 2.01. The molecular formula is C16H13F2N5O. The van der Waals surface area contributed by atoms with Crippen molar-refractivity contribution in [2.45, 2.75) is 0 Å². The van der Waals surface area contributed by atoms with Gasteiger partial charge in [0.25, 0.3) is 0 Å². The first-order chi connectivity index (χ1) is 11.7. The number of nitrogens with one attached hydrogen (secondary N) is 2. The van der Waals surface area contributed by atoms with E-state index in [0.29, 0.717) is 22.9 Å². The quantitative estimate of drug-likeness (QED) is 0.744. The van der Waals surface area contributed by atoms with Crippen LogP contribution in [0.25, 0.3) is 0 Å². The molecule has 0 saturated carbocycles. The first-order valence-corrected chi connectivity index (χ1v) is 6.97. The summed E-state index contributed by atoms with van der Waals surface area (Å²) < 4.78 is 31.4. The standard InChI is InChI=1S/C16H13F2N5O/c1-24-14-5-3-2-4-13(14)21-15-9-19-23-16(22-15)20-10-6-7-11(17)12(18)8-10/h2-9H,1H3,(H2,20,21,22,23). The molecule has 2 aromatic carbocycles. The zero-order valence-corrected chi connectivity index (χ0v) is 12.6. The van der Waals surface area contributed by atoms with Crippen molar-refractivity contribution in [2.75, 3.05) is 17.7 Å². The van der Waals surface area contributed by atoms with Crippen molar-refractivity contribution < 1.29 is 13.5 Å². The number of hydrogen-bond donors (Lipinski definition) is 2. The van der Waals surface area contributed by atoms with Crippen LogP contribution in [0.1, 0.15) is 0 Å². The van der Waals surface area contributed by atoms with Crippen molar-refractivity contribution in [3.05, 3.63) is 60.3 Å². The molecule has 0 aliphatic heterocycles. The number of para-hydroxylation sites is 2. The predicted octanol–water partition coefficient (Wildman–Crippen LogP) is 3.65. The molecule has 0 unspecified atom stereocenters. The van der Waals surface area contributed by atoms with Gasteiger partial charge in [-0.3, -0.25) is 0 Å². The van der Waals surface area contributed by atoms with Crippen molar-refractivity contribution >= 4 is 23.1 Å². The second-order valence-electron chi connectivity index (χ2n) is 4.74. The third kappa shape index (κ3) is 3.54. The van der Waals surface area contributed by atoms with Crippen molar-refractivity contribution in [2.24, 2.45) is 0 Å². The van der Waals surface area contributed by atoms with Crippen LogP contribution in [0.5, 0.6) is 5.75 Å². The van der Waals surface area contributed by atoms with Gasteiger partial charge in [-0.25, -0.2) is 8.78 Å². The molecule has 6 nitrogen and oxygen atoms in total. The molecule has 122 valence electrons. The SMILES string of the molecule is COc1ccccc1Nc1cnnc(Nc2ccc(F)c(F)c2)n1. The smallest absolute Gasteiger partial charge is 0.249 e. The van der Waals surface area contributed by atoms with Gasteiger partial charge in [0, 0.05) is 11.8 Å². The Morgan fingerprint density at radius 3 is 2.62 bits per heavy atom. The number of rotatable bonds is 5. The second-order valence-corrected chi connectivity index (χ2v) is 4.74. The summed E-state index contributed by atoms with van der Waals surface area (Å²) in [7, 11) is 1.56. The highest BCUT2D eigenvalue weighted by molar-refractivity contribution is 5.64. The normalized spacial score (nSPS) is 10.3. The molecule has 0 amide bonds. The number of halogens is 2. The lowest BCUT2D eigenvalue weighted by atomic mass is 10.3. The molecule has 24 heavy (non-hydrogen) atoms. The van der Waals surface area contributed by atoms with Gasteiger partial charge in [0.05, 0.1) is 19.0 Å². The number of hydrogen-bond acceptors (Lipinski definition) is 6. The van der Waals surface area contributed by atoms with Gasteiger partial charge in [-0.2, -0.15) is 10.1 Å². The summed E-state index contributed by atoms with van der Waals surface area (Å²) in [6.45, 7) is 0. The Labute approximate surface area is 136 Å². The summed E-state index contributed by atoms with van der Waals surface area (Å²) >= 11 is 0. The molecule has 0 saturated heterocycles. The Hall–Kier alpha value is -3.29. The van der Waals surface area contributed by atoms with Gasteiger partial charge in [-0.1, -0.05) is 12.1 Å². The summed E-state index contributed by atoms with van der Waals surface area (Å²) in [6, 6.07) is 10.7. The minimum absolute atomic E-state index is 0.140. The van der Waals surface area contributed by atoms with Gasteiger partial charge in [0.15, 0.2) is 17.5 Å². The minimum atomic E-state index is -0.962. The van der Waals surface area contributed by atoms with Gasteiger partial charge < -0.3 is 15.4 Å². The highest BCUT2D eigenvalue weighted by atomic mass is 19.2. The Bertz CT molecular complexity index is 859. The molecule has 2 N–H and O–H groups in total. The summed E-state index contributed by atoms with van der Waals surface area (Å²) in [6.07, 6.45) is 1.43. The molecule has 0 radical (unpaired) electrons. The van der Waals surface area contributed by atoms with E-state index in [9.17, 15) is 8.78 Å². The van der Waals surface area contributed by atoms with Crippen LogP contribution in [0.3, 0.4) is 0 Å². The van der Waals surface area contributed by atoms with Crippen molar-refractivity contribution in [3.63, 3.8) is 0 Å². The highest BCUT2D eigenvalue weighted by Crippen LogP contribution is 2.26. The number of anilines is 4. The maximum atomic E-state index is 13.2. The van der Waals surface area contributed by atoms with E-state index in [-0.39, 0.29) is 5.95 Å². The lowest BCUT2D eigenvalue weighted by Crippen LogP contribution is -2.03. The molecule has 1 aromatic heterocycles. The fraction of sp³-hybridized carbons (Fsp3) is 0.0625. The molecule has 0 fully saturated rings. The third-order valence-corrected chi connectivity index (χ3v) is 3.10. The monoisotopic (exact) mass is 329 g/mol. The van der Waals surface area contributed by atoms with Crippen LogP contribution in [-0.2, 0) is 0 Å². The van der Waals surface area contributed by atoms with Gasteiger partial charge >= 0.3 is 0 Å².